The van der Waals surface area contributed by atoms with E-state index in [2.05, 4.69) is 43.2 Å². The van der Waals surface area contributed by atoms with Crippen molar-refractivity contribution in [1.82, 2.24) is 0 Å². The first-order valence-electron chi connectivity index (χ1n) is 9.76. The van der Waals surface area contributed by atoms with Crippen molar-refractivity contribution in [3.63, 3.8) is 0 Å². The average Bonchev–Trinajstić information content (AvgIpc) is 2.47. The van der Waals surface area contributed by atoms with Crippen LogP contribution in [-0.4, -0.2) is 24.6 Å². The summed E-state index contributed by atoms with van der Waals surface area (Å²) >= 11 is 4.52. The van der Waals surface area contributed by atoms with Crippen LogP contribution in [0.25, 0.3) is 0 Å². The van der Waals surface area contributed by atoms with Gasteiger partial charge in [0, 0.05) is 0 Å². The van der Waals surface area contributed by atoms with Crippen LogP contribution in [-0.2, 0) is 0 Å². The Bertz CT molecular complexity index is 210. The van der Waals surface area contributed by atoms with Crippen LogP contribution < -0.4 is 0 Å². The van der Waals surface area contributed by atoms with Gasteiger partial charge in [0.2, 0.25) is 0 Å². The fourth-order valence-electron chi connectivity index (χ4n) is 3.50. The molecule has 0 amide bonds. The first-order chi connectivity index (χ1) is 10.0. The van der Waals surface area contributed by atoms with Crippen molar-refractivity contribution >= 4 is 20.8 Å². The van der Waals surface area contributed by atoms with Gasteiger partial charge in [-0.15, -0.1) is 0 Å². The van der Waals surface area contributed by atoms with Crippen molar-refractivity contribution in [2.45, 2.75) is 98.3 Å². The van der Waals surface area contributed by atoms with E-state index in [9.17, 15) is 0 Å². The molecule has 0 radical (unpaired) electrons. The Hall–Kier alpha value is 0.910. The molecule has 0 aliphatic heterocycles. The molecule has 0 saturated carbocycles. The van der Waals surface area contributed by atoms with Crippen molar-refractivity contribution in [1.29, 1.82) is 0 Å². The van der Waals surface area contributed by atoms with Gasteiger partial charge in [-0.1, -0.05) is 0 Å². The second-order valence-corrected chi connectivity index (χ2v) is 18.6. The van der Waals surface area contributed by atoms with Gasteiger partial charge in [0.05, 0.1) is 0 Å². The zero-order chi connectivity index (χ0) is 16.1. The Morgan fingerprint density at radius 2 is 0.762 bits per heavy atom. The monoisotopic (exact) mass is 380 g/mol. The van der Waals surface area contributed by atoms with Gasteiger partial charge in [0.15, 0.2) is 0 Å². The molecular formula is C19H42BrP. The van der Waals surface area contributed by atoms with Gasteiger partial charge in [-0.3, -0.25) is 0 Å². The Balaban J connectivity index is 4.86. The van der Waals surface area contributed by atoms with Crippen LogP contribution in [0, 0.1) is 0 Å². The summed E-state index contributed by atoms with van der Waals surface area (Å²) in [6.07, 6.45) is 21.6. The molecule has 0 unspecified atom stereocenters. The molecule has 0 aromatic rings. The number of rotatable bonds is 15. The third-order valence-corrected chi connectivity index (χ3v) is 15.0. The molecule has 0 aliphatic rings. The summed E-state index contributed by atoms with van der Waals surface area (Å²) in [7, 11) is 0. The molecule has 0 nitrogen and oxygen atoms in total. The molecule has 0 aliphatic carbocycles. The van der Waals surface area contributed by atoms with E-state index in [0.29, 0.717) is 0 Å². The SMILES string of the molecule is CCCCCP(Br)(CCCC)(CCCCC)CCCCC. The van der Waals surface area contributed by atoms with Crippen molar-refractivity contribution in [2.24, 2.45) is 0 Å². The van der Waals surface area contributed by atoms with Gasteiger partial charge >= 0.3 is 144 Å². The van der Waals surface area contributed by atoms with E-state index in [-0.39, 0.29) is 0 Å². The maximum atomic E-state index is 4.52. The molecule has 130 valence electrons. The van der Waals surface area contributed by atoms with Crippen molar-refractivity contribution in [2.75, 3.05) is 24.6 Å². The summed E-state index contributed by atoms with van der Waals surface area (Å²) in [5.74, 6) is 0. The van der Waals surface area contributed by atoms with Gasteiger partial charge in [-0.25, -0.2) is 0 Å². The predicted octanol–water partition coefficient (Wildman–Crippen LogP) is 8.22. The Morgan fingerprint density at radius 3 is 1.05 bits per heavy atom. The van der Waals surface area contributed by atoms with Gasteiger partial charge in [-0.05, 0) is 0 Å². The van der Waals surface area contributed by atoms with Crippen molar-refractivity contribution < 1.29 is 0 Å². The van der Waals surface area contributed by atoms with Crippen LogP contribution in [0.4, 0.5) is 0 Å². The first-order valence-corrected chi connectivity index (χ1v) is 14.8. The van der Waals surface area contributed by atoms with E-state index in [1.165, 1.54) is 95.3 Å². The molecular weight excluding hydrogens is 339 g/mol. The Morgan fingerprint density at radius 1 is 0.476 bits per heavy atom. The quantitative estimate of drug-likeness (QED) is 0.198. The van der Waals surface area contributed by atoms with Gasteiger partial charge in [-0.2, -0.15) is 0 Å². The van der Waals surface area contributed by atoms with E-state index in [1.807, 2.05) is 0 Å². The third kappa shape index (κ3) is 9.60. The molecule has 0 aromatic heterocycles. The topological polar surface area (TPSA) is 0 Å². The zero-order valence-corrected chi connectivity index (χ0v) is 17.9. The fourth-order valence-corrected chi connectivity index (χ4v) is 12.0. The maximum absolute atomic E-state index is 4.52. The summed E-state index contributed by atoms with van der Waals surface area (Å²) < 4.78 is 0. The molecule has 21 heavy (non-hydrogen) atoms. The minimum absolute atomic E-state index is 1.36. The number of hydrogen-bond donors (Lipinski definition) is 0. The number of hydrogen-bond acceptors (Lipinski definition) is 0. The van der Waals surface area contributed by atoms with Crippen LogP contribution in [0.15, 0.2) is 0 Å². The van der Waals surface area contributed by atoms with Crippen LogP contribution >= 0.6 is 20.8 Å². The number of halogens is 1. The second-order valence-electron chi connectivity index (χ2n) is 7.19. The summed E-state index contributed by atoms with van der Waals surface area (Å²) in [6, 6.07) is 0. The van der Waals surface area contributed by atoms with Crippen LogP contribution in [0.5, 0.6) is 0 Å². The summed E-state index contributed by atoms with van der Waals surface area (Å²) in [5.41, 5.74) is 0. The minimum atomic E-state index is -1.60. The average molecular weight is 381 g/mol. The van der Waals surface area contributed by atoms with Gasteiger partial charge in [0.25, 0.3) is 0 Å². The molecule has 0 rings (SSSR count). The number of unbranched alkanes of at least 4 members (excludes halogenated alkanes) is 7. The Labute approximate surface area is 143 Å². The standard InChI is InChI=1S/C19H42BrP/c1-5-9-13-17-21(20,16-12-8-4,18-14-10-6-2)19-15-11-7-3/h5-19H2,1-4H3. The molecule has 2 heteroatoms. The normalized spacial score (nSPS) is 14.0. The van der Waals surface area contributed by atoms with Crippen LogP contribution in [0.1, 0.15) is 98.3 Å². The van der Waals surface area contributed by atoms with Crippen molar-refractivity contribution in [3.05, 3.63) is 0 Å². The van der Waals surface area contributed by atoms with E-state index in [0.717, 1.165) is 0 Å². The Kier molecular flexibility index (Phi) is 12.9. The molecule has 0 N–H and O–H groups in total. The van der Waals surface area contributed by atoms with Crippen molar-refractivity contribution in [3.8, 4) is 0 Å². The molecule has 0 bridgehead atoms. The molecule has 0 saturated heterocycles. The second kappa shape index (κ2) is 12.3. The van der Waals surface area contributed by atoms with E-state index in [4.69, 9.17) is 0 Å². The van der Waals surface area contributed by atoms with Gasteiger partial charge < -0.3 is 0 Å². The third-order valence-electron chi connectivity index (χ3n) is 5.03. The summed E-state index contributed by atoms with van der Waals surface area (Å²) in [4.78, 5) is 0. The van der Waals surface area contributed by atoms with E-state index < -0.39 is 5.31 Å². The molecule has 0 fully saturated rings. The predicted molar refractivity (Wildman–Crippen MR) is 109 cm³/mol. The molecule has 0 spiro atoms. The molecule has 0 aromatic carbocycles. The first kappa shape index (κ1) is 21.9. The summed E-state index contributed by atoms with van der Waals surface area (Å²) in [6.45, 7) is 9.37. The van der Waals surface area contributed by atoms with Gasteiger partial charge in [0.1, 0.15) is 0 Å². The fraction of sp³-hybridized carbons (Fsp3) is 1.00. The summed E-state index contributed by atoms with van der Waals surface area (Å²) in [5, 5.41) is -1.60. The zero-order valence-electron chi connectivity index (χ0n) is 15.4. The van der Waals surface area contributed by atoms with E-state index >= 15 is 0 Å². The molecule has 0 atom stereocenters. The van der Waals surface area contributed by atoms with E-state index in [1.54, 1.807) is 0 Å². The van der Waals surface area contributed by atoms with Crippen LogP contribution in [0.3, 0.4) is 0 Å². The molecule has 0 heterocycles. The van der Waals surface area contributed by atoms with Crippen LogP contribution in [0.2, 0.25) is 0 Å².